The van der Waals surface area contributed by atoms with Crippen molar-refractivity contribution in [3.05, 3.63) is 39.8 Å². The maximum atomic E-state index is 14.0. The Morgan fingerprint density at radius 2 is 1.96 bits per heavy atom. The molecule has 0 aromatic heterocycles. The van der Waals surface area contributed by atoms with Gasteiger partial charge in [-0.05, 0) is 6.07 Å². The zero-order valence-corrected chi connectivity index (χ0v) is 12.5. The van der Waals surface area contributed by atoms with Crippen molar-refractivity contribution < 1.29 is 41.9 Å². The standard InChI is InChI=1S/C13H9F4N3O6/c14-10-8(20(24)25)2-1-6(11(10)26-13(15,16)17)18-7-5-9(22)19(3-4-21)12(7)23/h1-2,5,18,21H,3-4H2. The Kier molecular flexibility index (Phi) is 5.11. The summed E-state index contributed by atoms with van der Waals surface area (Å²) in [6, 6.07) is 1.25. The summed E-state index contributed by atoms with van der Waals surface area (Å²) in [6.07, 6.45) is -4.66. The van der Waals surface area contributed by atoms with Crippen LogP contribution in [-0.2, 0) is 9.59 Å². The Balaban J connectivity index is 2.42. The number of anilines is 1. The lowest BCUT2D eigenvalue weighted by molar-refractivity contribution is -0.387. The average molecular weight is 379 g/mol. The molecule has 0 spiro atoms. The normalized spacial score (nSPS) is 14.5. The average Bonchev–Trinajstić information content (AvgIpc) is 2.77. The molecule has 1 aliphatic rings. The van der Waals surface area contributed by atoms with Gasteiger partial charge in [-0.25, -0.2) is 0 Å². The van der Waals surface area contributed by atoms with E-state index in [1.807, 2.05) is 0 Å². The van der Waals surface area contributed by atoms with Gasteiger partial charge >= 0.3 is 12.0 Å². The summed E-state index contributed by atoms with van der Waals surface area (Å²) in [6.45, 7) is -0.910. The van der Waals surface area contributed by atoms with Gasteiger partial charge in [-0.2, -0.15) is 4.39 Å². The Hall–Kier alpha value is -3.22. The molecule has 2 N–H and O–H groups in total. The van der Waals surface area contributed by atoms with Crippen LogP contribution < -0.4 is 10.1 Å². The van der Waals surface area contributed by atoms with Gasteiger partial charge in [-0.1, -0.05) is 0 Å². The molecule has 9 nitrogen and oxygen atoms in total. The van der Waals surface area contributed by atoms with Gasteiger partial charge in [-0.3, -0.25) is 24.6 Å². The summed E-state index contributed by atoms with van der Waals surface area (Å²) in [4.78, 5) is 33.6. The highest BCUT2D eigenvalue weighted by molar-refractivity contribution is 6.17. The summed E-state index contributed by atoms with van der Waals surface area (Å²) < 4.78 is 55.0. The number of nitrogens with zero attached hydrogens (tertiary/aromatic N) is 2. The monoisotopic (exact) mass is 379 g/mol. The van der Waals surface area contributed by atoms with Crippen LogP contribution in [0.25, 0.3) is 0 Å². The molecule has 1 aromatic carbocycles. The predicted molar refractivity (Wildman–Crippen MR) is 75.2 cm³/mol. The first kappa shape index (κ1) is 19.1. The molecule has 0 radical (unpaired) electrons. The number of aliphatic hydroxyl groups is 1. The minimum atomic E-state index is -5.38. The molecular weight excluding hydrogens is 370 g/mol. The third-order valence-electron chi connectivity index (χ3n) is 3.09. The number of ether oxygens (including phenoxy) is 1. The Bertz CT molecular complexity index is 808. The topological polar surface area (TPSA) is 122 Å². The quantitative estimate of drug-likeness (QED) is 0.331. The van der Waals surface area contributed by atoms with Crippen LogP contribution in [0.15, 0.2) is 23.9 Å². The molecule has 140 valence electrons. The number of halogens is 4. The molecule has 26 heavy (non-hydrogen) atoms. The maximum absolute atomic E-state index is 14.0. The number of rotatable bonds is 6. The second-order valence-corrected chi connectivity index (χ2v) is 4.78. The van der Waals surface area contributed by atoms with Gasteiger partial charge in [-0.15, -0.1) is 13.2 Å². The predicted octanol–water partition coefficient (Wildman–Crippen LogP) is 1.29. The van der Waals surface area contributed by atoms with Gasteiger partial charge in [0.1, 0.15) is 5.70 Å². The first-order valence-electron chi connectivity index (χ1n) is 6.73. The number of carbonyl (C=O) groups is 2. The van der Waals surface area contributed by atoms with Crippen LogP contribution in [0, 0.1) is 15.9 Å². The number of benzene rings is 1. The molecule has 2 rings (SSSR count). The Morgan fingerprint density at radius 3 is 2.50 bits per heavy atom. The summed E-state index contributed by atoms with van der Waals surface area (Å²) >= 11 is 0. The molecule has 1 aliphatic heterocycles. The molecule has 2 amide bonds. The van der Waals surface area contributed by atoms with E-state index in [1.54, 1.807) is 0 Å². The number of aliphatic hydroxyl groups excluding tert-OH is 1. The van der Waals surface area contributed by atoms with E-state index < -0.39 is 58.3 Å². The van der Waals surface area contributed by atoms with Crippen molar-refractivity contribution in [2.45, 2.75) is 6.36 Å². The molecule has 0 aliphatic carbocycles. The van der Waals surface area contributed by atoms with E-state index in [-0.39, 0.29) is 6.54 Å². The van der Waals surface area contributed by atoms with Crippen LogP contribution in [0.5, 0.6) is 5.75 Å². The van der Waals surface area contributed by atoms with E-state index in [9.17, 15) is 37.3 Å². The molecule has 0 saturated carbocycles. The second kappa shape index (κ2) is 6.95. The molecule has 0 fully saturated rings. The number of nitro groups is 1. The van der Waals surface area contributed by atoms with Crippen LogP contribution in [0.1, 0.15) is 0 Å². The molecule has 0 bridgehead atoms. The minimum Gasteiger partial charge on any atom is -0.400 e. The third kappa shape index (κ3) is 3.88. The van der Waals surface area contributed by atoms with Gasteiger partial charge in [0.05, 0.1) is 23.8 Å². The molecule has 1 heterocycles. The van der Waals surface area contributed by atoms with Crippen molar-refractivity contribution in [1.82, 2.24) is 4.90 Å². The highest BCUT2D eigenvalue weighted by Gasteiger charge is 2.37. The first-order valence-corrected chi connectivity index (χ1v) is 6.73. The number of β-amino-alcohol motifs (C(OH)–C–C–N with tert-alkyl or cyclic N) is 1. The van der Waals surface area contributed by atoms with E-state index in [0.717, 1.165) is 0 Å². The lowest BCUT2D eigenvalue weighted by Gasteiger charge is -2.16. The van der Waals surface area contributed by atoms with Gasteiger partial charge in [0.25, 0.3) is 11.8 Å². The Labute approximate surface area is 141 Å². The van der Waals surface area contributed by atoms with Crippen LogP contribution in [0.3, 0.4) is 0 Å². The van der Waals surface area contributed by atoms with E-state index in [4.69, 9.17) is 5.11 Å². The van der Waals surface area contributed by atoms with Crippen molar-refractivity contribution in [2.75, 3.05) is 18.5 Å². The van der Waals surface area contributed by atoms with Crippen molar-refractivity contribution >= 4 is 23.2 Å². The molecular formula is C13H9F4N3O6. The van der Waals surface area contributed by atoms with Crippen molar-refractivity contribution in [3.8, 4) is 5.75 Å². The van der Waals surface area contributed by atoms with Gasteiger partial charge in [0.15, 0.2) is 5.75 Å². The van der Waals surface area contributed by atoms with Crippen molar-refractivity contribution in [1.29, 1.82) is 0 Å². The smallest absolute Gasteiger partial charge is 0.400 e. The zero-order chi connectivity index (χ0) is 19.6. The summed E-state index contributed by atoms with van der Waals surface area (Å²) in [5, 5.41) is 21.5. The van der Waals surface area contributed by atoms with E-state index in [2.05, 4.69) is 10.1 Å². The third-order valence-corrected chi connectivity index (χ3v) is 3.09. The number of carbonyl (C=O) groups excluding carboxylic acids is 2. The van der Waals surface area contributed by atoms with Crippen molar-refractivity contribution in [3.63, 3.8) is 0 Å². The number of alkyl halides is 3. The van der Waals surface area contributed by atoms with Crippen LogP contribution in [-0.4, -0.2) is 46.3 Å². The highest BCUT2D eigenvalue weighted by Crippen LogP contribution is 2.38. The summed E-state index contributed by atoms with van der Waals surface area (Å²) in [5.41, 5.74) is -2.56. The number of hydrogen-bond donors (Lipinski definition) is 2. The van der Waals surface area contributed by atoms with Gasteiger partial charge in [0.2, 0.25) is 5.82 Å². The fraction of sp³-hybridized carbons (Fsp3) is 0.231. The van der Waals surface area contributed by atoms with Crippen LogP contribution in [0.2, 0.25) is 0 Å². The molecule has 0 atom stereocenters. The van der Waals surface area contributed by atoms with Crippen LogP contribution in [0.4, 0.5) is 28.9 Å². The van der Waals surface area contributed by atoms with E-state index in [0.29, 0.717) is 23.1 Å². The number of nitrogens with one attached hydrogen (secondary N) is 1. The van der Waals surface area contributed by atoms with Crippen molar-refractivity contribution in [2.24, 2.45) is 0 Å². The Morgan fingerprint density at radius 1 is 1.31 bits per heavy atom. The molecule has 0 unspecified atom stereocenters. The van der Waals surface area contributed by atoms with Gasteiger partial charge < -0.3 is 15.2 Å². The maximum Gasteiger partial charge on any atom is 0.573 e. The van der Waals surface area contributed by atoms with E-state index in [1.165, 1.54) is 0 Å². The second-order valence-electron chi connectivity index (χ2n) is 4.78. The summed E-state index contributed by atoms with van der Waals surface area (Å²) in [5.74, 6) is -5.32. The molecule has 0 saturated heterocycles. The largest absolute Gasteiger partial charge is 0.573 e. The highest BCUT2D eigenvalue weighted by atomic mass is 19.4. The number of imide groups is 1. The summed E-state index contributed by atoms with van der Waals surface area (Å²) in [7, 11) is 0. The zero-order valence-electron chi connectivity index (χ0n) is 12.5. The molecule has 13 heteroatoms. The number of hydrogen-bond acceptors (Lipinski definition) is 7. The number of nitro benzene ring substituents is 1. The SMILES string of the molecule is O=C1C=C(Nc2ccc([N+](=O)[O-])c(F)c2OC(F)(F)F)C(=O)N1CCO. The minimum absolute atomic E-state index is 0.361. The first-order chi connectivity index (χ1) is 12.0. The van der Waals surface area contributed by atoms with Gasteiger partial charge in [0, 0.05) is 12.1 Å². The lowest BCUT2D eigenvalue weighted by atomic mass is 10.2. The number of amides is 2. The fourth-order valence-corrected chi connectivity index (χ4v) is 2.06. The molecule has 1 aromatic rings. The lowest BCUT2D eigenvalue weighted by Crippen LogP contribution is -2.34. The van der Waals surface area contributed by atoms with Crippen LogP contribution >= 0.6 is 0 Å². The van der Waals surface area contributed by atoms with E-state index >= 15 is 0 Å². The fourth-order valence-electron chi connectivity index (χ4n) is 2.06.